The van der Waals surface area contributed by atoms with Crippen molar-refractivity contribution in [1.29, 1.82) is 0 Å². The summed E-state index contributed by atoms with van der Waals surface area (Å²) >= 11 is 0. The molecule has 1 aromatic carbocycles. The van der Waals surface area contributed by atoms with Crippen LogP contribution >= 0.6 is 0 Å². The van der Waals surface area contributed by atoms with Crippen molar-refractivity contribution in [2.45, 2.75) is 32.5 Å². The average molecular weight is 273 g/mol. The Hall–Kier alpha value is -1.88. The summed E-state index contributed by atoms with van der Waals surface area (Å²) in [5.74, 6) is 1.21. The lowest BCUT2D eigenvalue weighted by molar-refractivity contribution is -0.0178. The van der Waals surface area contributed by atoms with E-state index in [0.29, 0.717) is 11.8 Å². The van der Waals surface area contributed by atoms with Crippen molar-refractivity contribution in [2.75, 3.05) is 18.0 Å². The van der Waals surface area contributed by atoms with Crippen LogP contribution < -0.4 is 4.90 Å². The van der Waals surface area contributed by atoms with Gasteiger partial charge in [0, 0.05) is 18.7 Å². The molecule has 1 aliphatic rings. The Bertz CT molecular complexity index is 555. The van der Waals surface area contributed by atoms with Crippen molar-refractivity contribution < 1.29 is 9.26 Å². The van der Waals surface area contributed by atoms with Crippen LogP contribution in [0.1, 0.15) is 20.3 Å². The number of rotatable bonds is 3. The Labute approximate surface area is 118 Å². The Morgan fingerprint density at radius 2 is 2.05 bits per heavy atom. The van der Waals surface area contributed by atoms with E-state index in [9.17, 15) is 0 Å². The second-order valence-corrected chi connectivity index (χ2v) is 5.15. The lowest BCUT2D eigenvalue weighted by Gasteiger charge is -2.35. The molecule has 1 saturated heterocycles. The normalized spacial score (nSPS) is 23.0. The fourth-order valence-corrected chi connectivity index (χ4v) is 2.48. The van der Waals surface area contributed by atoms with Crippen LogP contribution in [0.5, 0.6) is 0 Å². The standard InChI is InChI=1S/C15H19N3O2/c1-3-13-10-18(9-11(2)19-13)15-16-14(20-17-15)12-7-5-4-6-8-12/h4-8,11,13H,3,9-10H2,1-2H3. The van der Waals surface area contributed by atoms with Gasteiger partial charge in [-0.2, -0.15) is 4.98 Å². The van der Waals surface area contributed by atoms with E-state index in [1.54, 1.807) is 0 Å². The highest BCUT2D eigenvalue weighted by Crippen LogP contribution is 2.23. The maximum absolute atomic E-state index is 5.85. The molecule has 0 spiro atoms. The Morgan fingerprint density at radius 3 is 2.80 bits per heavy atom. The molecule has 3 rings (SSSR count). The van der Waals surface area contributed by atoms with Gasteiger partial charge in [0.1, 0.15) is 0 Å². The predicted octanol–water partition coefficient (Wildman–Crippen LogP) is 2.74. The summed E-state index contributed by atoms with van der Waals surface area (Å²) in [4.78, 5) is 6.64. The summed E-state index contributed by atoms with van der Waals surface area (Å²) in [6, 6.07) is 9.82. The van der Waals surface area contributed by atoms with Crippen LogP contribution in [-0.2, 0) is 4.74 Å². The zero-order chi connectivity index (χ0) is 13.9. The van der Waals surface area contributed by atoms with Crippen molar-refractivity contribution >= 4 is 5.95 Å². The zero-order valence-corrected chi connectivity index (χ0v) is 11.8. The first-order chi connectivity index (χ1) is 9.76. The Kier molecular flexibility index (Phi) is 3.69. The van der Waals surface area contributed by atoms with E-state index in [-0.39, 0.29) is 12.2 Å². The van der Waals surface area contributed by atoms with E-state index in [0.717, 1.165) is 25.1 Å². The summed E-state index contributed by atoms with van der Waals surface area (Å²) in [5, 5.41) is 4.10. The predicted molar refractivity (Wildman–Crippen MR) is 76.6 cm³/mol. The number of nitrogens with zero attached hydrogens (tertiary/aromatic N) is 3. The molecule has 0 aliphatic carbocycles. The van der Waals surface area contributed by atoms with Gasteiger partial charge in [-0.3, -0.25) is 0 Å². The second-order valence-electron chi connectivity index (χ2n) is 5.15. The molecule has 20 heavy (non-hydrogen) atoms. The molecule has 106 valence electrons. The summed E-state index contributed by atoms with van der Waals surface area (Å²) in [6.45, 7) is 5.82. The molecular weight excluding hydrogens is 254 g/mol. The third kappa shape index (κ3) is 2.67. The molecule has 1 aliphatic heterocycles. The first-order valence-corrected chi connectivity index (χ1v) is 7.05. The topological polar surface area (TPSA) is 51.4 Å². The van der Waals surface area contributed by atoms with Crippen LogP contribution in [0.2, 0.25) is 0 Å². The molecule has 0 saturated carbocycles. The fraction of sp³-hybridized carbons (Fsp3) is 0.467. The number of hydrogen-bond acceptors (Lipinski definition) is 5. The first-order valence-electron chi connectivity index (χ1n) is 7.05. The second kappa shape index (κ2) is 5.63. The van der Waals surface area contributed by atoms with Gasteiger partial charge in [-0.25, -0.2) is 0 Å². The van der Waals surface area contributed by atoms with Gasteiger partial charge in [0.2, 0.25) is 0 Å². The molecule has 2 aromatic rings. The SMILES string of the molecule is CCC1CN(c2noc(-c3ccccc3)n2)CC(C)O1. The Morgan fingerprint density at radius 1 is 1.25 bits per heavy atom. The van der Waals surface area contributed by atoms with Crippen LogP contribution in [0.3, 0.4) is 0 Å². The molecule has 0 bridgehead atoms. The van der Waals surface area contributed by atoms with Gasteiger partial charge >= 0.3 is 0 Å². The minimum atomic E-state index is 0.187. The number of hydrogen-bond donors (Lipinski definition) is 0. The number of benzene rings is 1. The summed E-state index contributed by atoms with van der Waals surface area (Å²) in [6.07, 6.45) is 1.41. The molecular formula is C15H19N3O2. The number of aromatic nitrogens is 2. The molecule has 5 nitrogen and oxygen atoms in total. The Balaban J connectivity index is 1.79. The minimum absolute atomic E-state index is 0.187. The summed E-state index contributed by atoms with van der Waals surface area (Å²) in [7, 11) is 0. The maximum Gasteiger partial charge on any atom is 0.266 e. The molecule has 0 amide bonds. The van der Waals surface area contributed by atoms with E-state index in [2.05, 4.69) is 28.9 Å². The summed E-state index contributed by atoms with van der Waals surface area (Å²) < 4.78 is 11.2. The fourth-order valence-electron chi connectivity index (χ4n) is 2.48. The molecule has 1 aromatic heterocycles. The molecule has 0 radical (unpaired) electrons. The van der Waals surface area contributed by atoms with E-state index in [1.165, 1.54) is 0 Å². The highest BCUT2D eigenvalue weighted by atomic mass is 16.5. The molecule has 5 heteroatoms. The largest absolute Gasteiger partial charge is 0.372 e. The number of anilines is 1. The van der Waals surface area contributed by atoms with Gasteiger partial charge in [0.25, 0.3) is 11.8 Å². The molecule has 2 heterocycles. The highest BCUT2D eigenvalue weighted by Gasteiger charge is 2.27. The van der Waals surface area contributed by atoms with E-state index in [4.69, 9.17) is 9.26 Å². The maximum atomic E-state index is 5.85. The van der Waals surface area contributed by atoms with E-state index >= 15 is 0 Å². The first kappa shape index (κ1) is 13.1. The number of morpholine rings is 1. The van der Waals surface area contributed by atoms with Gasteiger partial charge in [-0.1, -0.05) is 25.1 Å². The molecule has 2 unspecified atom stereocenters. The molecule has 1 fully saturated rings. The van der Waals surface area contributed by atoms with Gasteiger partial charge in [0.15, 0.2) is 0 Å². The van der Waals surface area contributed by atoms with Crippen molar-refractivity contribution in [1.82, 2.24) is 10.1 Å². The smallest absolute Gasteiger partial charge is 0.266 e. The van der Waals surface area contributed by atoms with E-state index < -0.39 is 0 Å². The van der Waals surface area contributed by atoms with Crippen LogP contribution in [0.15, 0.2) is 34.9 Å². The summed E-state index contributed by atoms with van der Waals surface area (Å²) in [5.41, 5.74) is 0.944. The van der Waals surface area contributed by atoms with Crippen LogP contribution in [0, 0.1) is 0 Å². The van der Waals surface area contributed by atoms with Crippen molar-refractivity contribution in [3.8, 4) is 11.5 Å². The number of ether oxygens (including phenoxy) is 1. The average Bonchev–Trinajstić information content (AvgIpc) is 2.97. The molecule has 0 N–H and O–H groups in total. The van der Waals surface area contributed by atoms with Gasteiger partial charge < -0.3 is 14.2 Å². The van der Waals surface area contributed by atoms with Crippen LogP contribution in [-0.4, -0.2) is 35.4 Å². The van der Waals surface area contributed by atoms with Crippen molar-refractivity contribution in [3.63, 3.8) is 0 Å². The van der Waals surface area contributed by atoms with Gasteiger partial charge in [0.05, 0.1) is 12.2 Å². The van der Waals surface area contributed by atoms with Crippen molar-refractivity contribution in [3.05, 3.63) is 30.3 Å². The lowest BCUT2D eigenvalue weighted by atomic mass is 10.2. The zero-order valence-electron chi connectivity index (χ0n) is 11.8. The minimum Gasteiger partial charge on any atom is -0.372 e. The lowest BCUT2D eigenvalue weighted by Crippen LogP contribution is -2.46. The highest BCUT2D eigenvalue weighted by molar-refractivity contribution is 5.54. The third-order valence-electron chi connectivity index (χ3n) is 3.50. The van der Waals surface area contributed by atoms with Gasteiger partial charge in [-0.05, 0) is 30.6 Å². The van der Waals surface area contributed by atoms with Crippen LogP contribution in [0.25, 0.3) is 11.5 Å². The van der Waals surface area contributed by atoms with E-state index in [1.807, 2.05) is 30.3 Å². The van der Waals surface area contributed by atoms with Crippen LogP contribution in [0.4, 0.5) is 5.95 Å². The van der Waals surface area contributed by atoms with Crippen molar-refractivity contribution in [2.24, 2.45) is 0 Å². The third-order valence-corrected chi connectivity index (χ3v) is 3.50. The van der Waals surface area contributed by atoms with Gasteiger partial charge in [-0.15, -0.1) is 0 Å². The monoisotopic (exact) mass is 273 g/mol. The quantitative estimate of drug-likeness (QED) is 0.860. The molecule has 2 atom stereocenters.